The number of likely N-dealkylation sites (N-methyl/N-ethyl adjacent to an activating group) is 1. The van der Waals surface area contributed by atoms with Crippen molar-refractivity contribution in [2.75, 3.05) is 20.1 Å². The highest BCUT2D eigenvalue weighted by atomic mass is 16.2. The summed E-state index contributed by atoms with van der Waals surface area (Å²) >= 11 is 0. The predicted octanol–water partition coefficient (Wildman–Crippen LogP) is 2.07. The number of quaternary nitrogens is 1. The lowest BCUT2D eigenvalue weighted by Crippen LogP contribution is -2.77. The molecule has 0 bridgehead atoms. The van der Waals surface area contributed by atoms with Gasteiger partial charge in [0.05, 0.1) is 12.6 Å². The first-order valence-electron chi connectivity index (χ1n) is 15.9. The molecule has 0 radical (unpaired) electrons. The lowest BCUT2D eigenvalue weighted by atomic mass is 9.71. The fourth-order valence-electron chi connectivity index (χ4n) is 6.33. The van der Waals surface area contributed by atoms with E-state index >= 15 is 4.79 Å². The number of hydrogen-bond donors (Lipinski definition) is 4. The van der Waals surface area contributed by atoms with Crippen LogP contribution in [0, 0.1) is 17.3 Å². The molecule has 2 aliphatic rings. The molecule has 0 aromatic carbocycles. The van der Waals surface area contributed by atoms with Crippen LogP contribution in [0.25, 0.3) is 0 Å². The topological polar surface area (TPSA) is 151 Å². The Bertz CT molecular complexity index is 1070. The Balaban J connectivity index is 2.69. The molecule has 6 atom stereocenters. The first kappa shape index (κ1) is 36.8. The Morgan fingerprint density at radius 1 is 0.907 bits per heavy atom. The van der Waals surface area contributed by atoms with E-state index in [-0.39, 0.29) is 30.2 Å². The fourth-order valence-corrected chi connectivity index (χ4v) is 6.33. The molecule has 5 N–H and O–H groups in total. The number of likely N-dealkylation sites (tertiary alicyclic amines) is 1. The molecule has 5 amide bonds. The summed E-state index contributed by atoms with van der Waals surface area (Å²) in [6.07, 6.45) is 2.27. The minimum atomic E-state index is -1.53. The van der Waals surface area contributed by atoms with Gasteiger partial charge in [0.2, 0.25) is 11.8 Å². The maximum atomic E-state index is 15.3. The second-order valence-electron chi connectivity index (χ2n) is 15.5. The molecular weight excluding hydrogens is 548 g/mol. The van der Waals surface area contributed by atoms with Gasteiger partial charge in [0.25, 0.3) is 5.91 Å². The van der Waals surface area contributed by atoms with Gasteiger partial charge in [0.15, 0.2) is 11.6 Å². The number of imide groups is 1. The van der Waals surface area contributed by atoms with Crippen molar-refractivity contribution in [1.82, 2.24) is 20.9 Å². The fraction of sp³-hybridized carbons (Fsp3) is 0.844. The molecule has 2 heterocycles. The van der Waals surface area contributed by atoms with E-state index in [1.54, 1.807) is 14.0 Å². The number of nitrogens with one attached hydrogen (secondary N) is 3. The predicted molar refractivity (Wildman–Crippen MR) is 167 cm³/mol. The minimum Gasteiger partial charge on any atom is -0.346 e. The zero-order valence-electron chi connectivity index (χ0n) is 28.7. The summed E-state index contributed by atoms with van der Waals surface area (Å²) < 4.78 is -0.651. The number of nitrogens with zero attached hydrogens (tertiary/aromatic N) is 2. The molecule has 11 nitrogen and oxygen atoms in total. The number of nitrogens with two attached hydrogens (primary N) is 1. The maximum absolute atomic E-state index is 15.3. The molecule has 2 saturated heterocycles. The average Bonchev–Trinajstić information content (AvgIpc) is 3.58. The molecule has 0 saturated carbocycles. The maximum Gasteiger partial charge on any atom is 0.347 e. The van der Waals surface area contributed by atoms with Crippen LogP contribution in [0.5, 0.6) is 0 Å². The van der Waals surface area contributed by atoms with Crippen LogP contribution in [-0.2, 0) is 24.0 Å². The molecular formula is C32H59N6O5+. The van der Waals surface area contributed by atoms with Gasteiger partial charge in [-0.2, -0.15) is 4.48 Å². The lowest BCUT2D eigenvalue weighted by Gasteiger charge is -2.51. The largest absolute Gasteiger partial charge is 0.347 e. The second kappa shape index (κ2) is 13.3. The van der Waals surface area contributed by atoms with Gasteiger partial charge in [-0.25, -0.2) is 9.59 Å². The van der Waals surface area contributed by atoms with Gasteiger partial charge in [-0.15, -0.1) is 0 Å². The molecule has 1 unspecified atom stereocenters. The van der Waals surface area contributed by atoms with E-state index in [9.17, 15) is 19.2 Å². The van der Waals surface area contributed by atoms with Crippen molar-refractivity contribution in [2.45, 2.75) is 137 Å². The van der Waals surface area contributed by atoms with E-state index in [0.717, 1.165) is 6.42 Å². The molecule has 0 aromatic rings. The highest BCUT2D eigenvalue weighted by Crippen LogP contribution is 2.43. The Morgan fingerprint density at radius 2 is 1.49 bits per heavy atom. The van der Waals surface area contributed by atoms with E-state index in [1.807, 2.05) is 69.2 Å². The van der Waals surface area contributed by atoms with Crippen molar-refractivity contribution in [3.63, 3.8) is 0 Å². The summed E-state index contributed by atoms with van der Waals surface area (Å²) in [7, 11) is 1.56. The molecule has 246 valence electrons. The number of hydrogen-bond acceptors (Lipinski definition) is 7. The highest BCUT2D eigenvalue weighted by molar-refractivity contribution is 6.00. The van der Waals surface area contributed by atoms with E-state index in [1.165, 1.54) is 4.90 Å². The van der Waals surface area contributed by atoms with E-state index in [0.29, 0.717) is 25.8 Å². The van der Waals surface area contributed by atoms with Gasteiger partial charge in [-0.05, 0) is 64.3 Å². The van der Waals surface area contributed by atoms with Crippen LogP contribution in [0.2, 0.25) is 0 Å². The van der Waals surface area contributed by atoms with Crippen molar-refractivity contribution < 1.29 is 28.5 Å². The zero-order chi connectivity index (χ0) is 33.3. The number of rotatable bonds is 9. The molecule has 11 heteroatoms. The Labute approximate surface area is 259 Å². The smallest absolute Gasteiger partial charge is 0.346 e. The van der Waals surface area contributed by atoms with Crippen molar-refractivity contribution in [1.29, 1.82) is 0 Å². The van der Waals surface area contributed by atoms with E-state index in [4.69, 9.17) is 5.73 Å². The van der Waals surface area contributed by atoms with Crippen molar-refractivity contribution in [3.05, 3.63) is 0 Å². The summed E-state index contributed by atoms with van der Waals surface area (Å²) in [6.45, 7) is 21.0. The van der Waals surface area contributed by atoms with Crippen LogP contribution in [0.4, 0.5) is 0 Å². The number of amides is 5. The Morgan fingerprint density at radius 3 is 1.93 bits per heavy atom. The van der Waals surface area contributed by atoms with Crippen LogP contribution in [0.3, 0.4) is 0 Å². The van der Waals surface area contributed by atoms with Crippen LogP contribution in [-0.4, -0.2) is 94.3 Å². The molecule has 0 aromatic heterocycles. The summed E-state index contributed by atoms with van der Waals surface area (Å²) in [6, 6.07) is -3.23. The van der Waals surface area contributed by atoms with Gasteiger partial charge >= 0.3 is 11.8 Å². The molecule has 2 aliphatic heterocycles. The second-order valence-corrected chi connectivity index (χ2v) is 15.5. The minimum absolute atomic E-state index is 0.132. The van der Waals surface area contributed by atoms with E-state index < -0.39 is 62.9 Å². The van der Waals surface area contributed by atoms with Crippen molar-refractivity contribution in [2.24, 2.45) is 23.0 Å². The molecule has 43 heavy (non-hydrogen) atoms. The highest BCUT2D eigenvalue weighted by Gasteiger charge is 2.67. The van der Waals surface area contributed by atoms with Gasteiger partial charge in [-0.1, -0.05) is 48.5 Å². The zero-order valence-corrected chi connectivity index (χ0v) is 28.7. The quantitative estimate of drug-likeness (QED) is 0.293. The van der Waals surface area contributed by atoms with Gasteiger partial charge in [0, 0.05) is 25.4 Å². The third-order valence-electron chi connectivity index (χ3n) is 9.57. The van der Waals surface area contributed by atoms with Crippen LogP contribution >= 0.6 is 0 Å². The SMILES string of the molecule is CC(C)[C@H](N)C(=O)N[C@H](C(=O)N(C)[C@](C)(C(=O)[N+]1(C(=O)[C@@H]2CCCN2)CCC[C@H]1C(=O)NC(C)(C)C)C(C)(C)C)C(C)C. The summed E-state index contributed by atoms with van der Waals surface area (Å²) in [5, 5.41) is 9.09. The number of carbonyl (C=O) groups is 5. The van der Waals surface area contributed by atoms with Crippen LogP contribution < -0.4 is 21.7 Å². The number of carbonyl (C=O) groups excluding carboxylic acids is 5. The molecule has 0 aliphatic carbocycles. The summed E-state index contributed by atoms with van der Waals surface area (Å²) in [5.41, 5.74) is 3.15. The van der Waals surface area contributed by atoms with Crippen molar-refractivity contribution in [3.8, 4) is 0 Å². The first-order chi connectivity index (χ1) is 19.5. The van der Waals surface area contributed by atoms with Crippen molar-refractivity contribution >= 4 is 29.5 Å². The third-order valence-corrected chi connectivity index (χ3v) is 9.57. The van der Waals surface area contributed by atoms with E-state index in [2.05, 4.69) is 16.0 Å². The standard InChI is InChI=1S/C32H58N6O5/c1-19(2)23(33)26(40)35-24(20(3)4)27(41)37(12)32(11,30(5,6)7)29(43)38(28(42)21-15-13-17-34-21)18-14-16-22(38)25(39)36-31(8,9)10/h19-24,34H,13-18,33H2,1-12H3,(H-,35,36,39,40)/p+1/t21-,22-,23-,24-,32+,38?/m0/s1. The molecule has 2 rings (SSSR count). The summed E-state index contributed by atoms with van der Waals surface area (Å²) in [5.74, 6) is -2.47. The monoisotopic (exact) mass is 607 g/mol. The molecule has 2 fully saturated rings. The van der Waals surface area contributed by atoms with Gasteiger partial charge in [0.1, 0.15) is 12.1 Å². The average molecular weight is 608 g/mol. The Hall–Kier alpha value is -2.37. The Kier molecular flexibility index (Phi) is 11.4. The molecule has 0 spiro atoms. The van der Waals surface area contributed by atoms with Crippen LogP contribution in [0.1, 0.15) is 102 Å². The van der Waals surface area contributed by atoms with Gasteiger partial charge < -0.3 is 26.6 Å². The summed E-state index contributed by atoms with van der Waals surface area (Å²) in [4.78, 5) is 72.3. The normalized spacial score (nSPS) is 25.7. The van der Waals surface area contributed by atoms with Gasteiger partial charge in [-0.3, -0.25) is 14.4 Å². The lowest BCUT2D eigenvalue weighted by molar-refractivity contribution is -0.786. The van der Waals surface area contributed by atoms with Crippen LogP contribution in [0.15, 0.2) is 0 Å². The third kappa shape index (κ3) is 7.31. The first-order valence-corrected chi connectivity index (χ1v) is 15.9.